The summed E-state index contributed by atoms with van der Waals surface area (Å²) in [6, 6.07) is 3.78. The molecule has 0 saturated carbocycles. The average Bonchev–Trinajstić information content (AvgIpc) is 2.98. The SMILES string of the molecule is CN(C)S(=O)(=O)c1ccc(=O)n(Cc2cc(=O)n3ccsc3n2)c1. The van der Waals surface area contributed by atoms with Gasteiger partial charge in [0.05, 0.1) is 17.1 Å². The van der Waals surface area contributed by atoms with Gasteiger partial charge in [0.1, 0.15) is 0 Å². The van der Waals surface area contributed by atoms with Crippen LogP contribution >= 0.6 is 11.3 Å². The molecule has 3 aromatic heterocycles. The van der Waals surface area contributed by atoms with Gasteiger partial charge >= 0.3 is 0 Å². The summed E-state index contributed by atoms with van der Waals surface area (Å²) in [5.41, 5.74) is -0.230. The molecule has 0 aliphatic carbocycles. The fraction of sp³-hybridized carbons (Fsp3) is 0.214. The first-order valence-electron chi connectivity index (χ1n) is 6.88. The number of nitrogens with zero attached hydrogens (tertiary/aromatic N) is 4. The van der Waals surface area contributed by atoms with E-state index in [4.69, 9.17) is 0 Å². The van der Waals surface area contributed by atoms with Crippen LogP contribution in [0.15, 0.2) is 50.5 Å². The normalized spacial score (nSPS) is 12.1. The molecule has 0 spiro atoms. The fourth-order valence-corrected chi connectivity index (χ4v) is 3.80. The maximum absolute atomic E-state index is 12.2. The molecule has 8 nitrogen and oxygen atoms in total. The van der Waals surface area contributed by atoms with E-state index >= 15 is 0 Å². The lowest BCUT2D eigenvalue weighted by Crippen LogP contribution is -2.26. The first-order chi connectivity index (χ1) is 11.3. The first kappa shape index (κ1) is 16.6. The molecular formula is C14H14N4O4S2. The van der Waals surface area contributed by atoms with Crippen molar-refractivity contribution in [3.8, 4) is 0 Å². The van der Waals surface area contributed by atoms with Gasteiger partial charge in [-0.2, -0.15) is 0 Å². The van der Waals surface area contributed by atoms with Crippen molar-refractivity contribution in [2.45, 2.75) is 11.4 Å². The van der Waals surface area contributed by atoms with E-state index < -0.39 is 10.0 Å². The summed E-state index contributed by atoms with van der Waals surface area (Å²) < 4.78 is 28.1. The summed E-state index contributed by atoms with van der Waals surface area (Å²) in [6.45, 7) is 0.0132. The Balaban J connectivity index is 2.06. The fourth-order valence-electron chi connectivity index (χ4n) is 2.14. The molecule has 0 aliphatic rings. The van der Waals surface area contributed by atoms with Crippen LogP contribution in [-0.2, 0) is 16.6 Å². The Hall–Kier alpha value is -2.30. The predicted molar refractivity (Wildman–Crippen MR) is 90.0 cm³/mol. The van der Waals surface area contributed by atoms with Crippen molar-refractivity contribution in [2.75, 3.05) is 14.1 Å². The van der Waals surface area contributed by atoms with Gasteiger partial charge in [0.2, 0.25) is 10.0 Å². The van der Waals surface area contributed by atoms with Crippen molar-refractivity contribution in [1.82, 2.24) is 18.3 Å². The van der Waals surface area contributed by atoms with Crippen LogP contribution in [-0.4, -0.2) is 40.8 Å². The molecule has 0 saturated heterocycles. The number of fused-ring (bicyclic) bond motifs is 1. The summed E-state index contributed by atoms with van der Waals surface area (Å²) in [4.78, 5) is 28.8. The average molecular weight is 366 g/mol. The molecule has 0 radical (unpaired) electrons. The number of aromatic nitrogens is 3. The molecule has 0 unspecified atom stereocenters. The quantitative estimate of drug-likeness (QED) is 0.658. The molecule has 24 heavy (non-hydrogen) atoms. The Labute approximate surface area is 141 Å². The van der Waals surface area contributed by atoms with E-state index in [9.17, 15) is 18.0 Å². The zero-order chi connectivity index (χ0) is 17.5. The second kappa shape index (κ2) is 5.96. The molecular weight excluding hydrogens is 352 g/mol. The van der Waals surface area contributed by atoms with Crippen LogP contribution in [0.1, 0.15) is 5.69 Å². The molecule has 0 aliphatic heterocycles. The van der Waals surface area contributed by atoms with Crippen molar-refractivity contribution < 1.29 is 8.42 Å². The van der Waals surface area contributed by atoms with Crippen molar-refractivity contribution in [1.29, 1.82) is 0 Å². The van der Waals surface area contributed by atoms with Gasteiger partial charge in [-0.25, -0.2) is 17.7 Å². The van der Waals surface area contributed by atoms with Crippen LogP contribution in [0.5, 0.6) is 0 Å². The highest BCUT2D eigenvalue weighted by Gasteiger charge is 2.18. The highest BCUT2D eigenvalue weighted by atomic mass is 32.2. The third kappa shape index (κ3) is 2.90. The second-order valence-electron chi connectivity index (χ2n) is 5.26. The summed E-state index contributed by atoms with van der Waals surface area (Å²) in [7, 11) is -0.824. The van der Waals surface area contributed by atoms with Gasteiger partial charge in [0.15, 0.2) is 4.96 Å². The van der Waals surface area contributed by atoms with E-state index in [-0.39, 0.29) is 22.6 Å². The van der Waals surface area contributed by atoms with Crippen LogP contribution in [0, 0.1) is 0 Å². The number of sulfonamides is 1. The maximum Gasteiger partial charge on any atom is 0.258 e. The van der Waals surface area contributed by atoms with Crippen LogP contribution in [0.4, 0.5) is 0 Å². The van der Waals surface area contributed by atoms with E-state index in [2.05, 4.69) is 4.98 Å². The third-order valence-corrected chi connectivity index (χ3v) is 5.98. The van der Waals surface area contributed by atoms with Crippen LogP contribution in [0.25, 0.3) is 4.96 Å². The number of thiazole rings is 1. The third-order valence-electron chi connectivity index (χ3n) is 3.42. The van der Waals surface area contributed by atoms with Crippen molar-refractivity contribution in [2.24, 2.45) is 0 Å². The van der Waals surface area contributed by atoms with Gasteiger partial charge in [0, 0.05) is 44.0 Å². The van der Waals surface area contributed by atoms with Gasteiger partial charge in [-0.1, -0.05) is 0 Å². The number of hydrogen-bond donors (Lipinski definition) is 0. The Bertz CT molecular complexity index is 1130. The first-order valence-corrected chi connectivity index (χ1v) is 9.20. The highest BCUT2D eigenvalue weighted by molar-refractivity contribution is 7.89. The molecule has 126 valence electrons. The van der Waals surface area contributed by atoms with Gasteiger partial charge < -0.3 is 4.57 Å². The Morgan fingerprint density at radius 3 is 2.67 bits per heavy atom. The molecule has 3 heterocycles. The van der Waals surface area contributed by atoms with Crippen LogP contribution < -0.4 is 11.1 Å². The molecule has 0 N–H and O–H groups in total. The van der Waals surface area contributed by atoms with E-state index in [1.807, 2.05) is 0 Å². The lowest BCUT2D eigenvalue weighted by atomic mass is 10.3. The van der Waals surface area contributed by atoms with Gasteiger partial charge in [-0.05, 0) is 6.07 Å². The minimum atomic E-state index is -3.65. The molecule has 3 aromatic rings. The number of rotatable bonds is 4. The summed E-state index contributed by atoms with van der Waals surface area (Å²) in [5, 5.41) is 1.74. The molecule has 0 aromatic carbocycles. The van der Waals surface area contributed by atoms with E-state index in [0.717, 1.165) is 4.31 Å². The predicted octanol–water partition coefficient (Wildman–Crippen LogP) is 0.216. The van der Waals surface area contributed by atoms with Crippen molar-refractivity contribution >= 4 is 26.3 Å². The summed E-state index contributed by atoms with van der Waals surface area (Å²) >= 11 is 1.30. The Morgan fingerprint density at radius 1 is 1.21 bits per heavy atom. The van der Waals surface area contributed by atoms with Crippen molar-refractivity contribution in [3.05, 3.63) is 62.4 Å². The lowest BCUT2D eigenvalue weighted by Gasteiger charge is -2.13. The largest absolute Gasteiger partial charge is 0.308 e. The van der Waals surface area contributed by atoms with Gasteiger partial charge in [-0.3, -0.25) is 14.0 Å². The molecule has 3 rings (SSSR count). The Morgan fingerprint density at radius 2 is 1.96 bits per heavy atom. The maximum atomic E-state index is 12.2. The number of pyridine rings is 1. The van der Waals surface area contributed by atoms with E-state index in [1.54, 1.807) is 11.6 Å². The van der Waals surface area contributed by atoms with Gasteiger partial charge in [-0.15, -0.1) is 11.3 Å². The van der Waals surface area contributed by atoms with E-state index in [1.165, 1.54) is 58.8 Å². The van der Waals surface area contributed by atoms with Crippen LogP contribution in [0.2, 0.25) is 0 Å². The van der Waals surface area contributed by atoms with Crippen molar-refractivity contribution in [3.63, 3.8) is 0 Å². The monoisotopic (exact) mass is 366 g/mol. The summed E-state index contributed by atoms with van der Waals surface area (Å²) in [5.74, 6) is 0. The van der Waals surface area contributed by atoms with Crippen LogP contribution in [0.3, 0.4) is 0 Å². The van der Waals surface area contributed by atoms with Gasteiger partial charge in [0.25, 0.3) is 11.1 Å². The molecule has 10 heteroatoms. The smallest absolute Gasteiger partial charge is 0.258 e. The minimum Gasteiger partial charge on any atom is -0.308 e. The highest BCUT2D eigenvalue weighted by Crippen LogP contribution is 2.12. The zero-order valence-electron chi connectivity index (χ0n) is 12.9. The second-order valence-corrected chi connectivity index (χ2v) is 8.28. The minimum absolute atomic E-state index is 0.000948. The molecule has 0 fully saturated rings. The topological polar surface area (TPSA) is 93.8 Å². The lowest BCUT2D eigenvalue weighted by molar-refractivity contribution is 0.519. The van der Waals surface area contributed by atoms with E-state index in [0.29, 0.717) is 10.7 Å². The molecule has 0 amide bonds. The molecule has 0 atom stereocenters. The summed E-state index contributed by atoms with van der Waals surface area (Å²) in [6.07, 6.45) is 2.88. The molecule has 0 bridgehead atoms. The number of hydrogen-bond acceptors (Lipinski definition) is 6. The Kier molecular flexibility index (Phi) is 4.11. The standard InChI is InChI=1S/C14H14N4O4S2/c1-16(2)24(21,22)11-3-4-12(19)17(9-11)8-10-7-13(20)18-5-6-23-14(18)15-10/h3-7,9H,8H2,1-2H3. The zero-order valence-corrected chi connectivity index (χ0v) is 14.5.